The van der Waals surface area contributed by atoms with Gasteiger partial charge >= 0.3 is 0 Å². The lowest BCUT2D eigenvalue weighted by Crippen LogP contribution is -2.26. The average Bonchev–Trinajstić information content (AvgIpc) is 2.30. The van der Waals surface area contributed by atoms with E-state index in [1.54, 1.807) is 0 Å². The van der Waals surface area contributed by atoms with Crippen LogP contribution in [-0.2, 0) is 9.59 Å². The van der Waals surface area contributed by atoms with Gasteiger partial charge in [0, 0.05) is 31.0 Å². The number of amides is 2. The van der Waals surface area contributed by atoms with Crippen molar-refractivity contribution in [3.8, 4) is 0 Å². The third kappa shape index (κ3) is 2.69. The summed E-state index contributed by atoms with van der Waals surface area (Å²) in [5.41, 5.74) is 4.80. The molecule has 2 rings (SSSR count). The fourth-order valence-electron chi connectivity index (χ4n) is 1.70. The summed E-state index contributed by atoms with van der Waals surface area (Å²) < 4.78 is 0. The van der Waals surface area contributed by atoms with Crippen LogP contribution >= 0.6 is 0 Å². The monoisotopic (exact) mass is 231 g/mol. The zero-order chi connectivity index (χ0) is 12.3. The third-order valence-electron chi connectivity index (χ3n) is 2.45. The van der Waals surface area contributed by atoms with Crippen LogP contribution < -0.4 is 10.7 Å². The first-order valence-electron chi connectivity index (χ1n) is 5.39. The van der Waals surface area contributed by atoms with Gasteiger partial charge in [-0.25, -0.2) is 5.43 Å². The molecule has 5 heteroatoms. The number of benzene rings is 1. The predicted octanol–water partition coefficient (Wildman–Crippen LogP) is 1.26. The van der Waals surface area contributed by atoms with Crippen LogP contribution in [0.4, 0.5) is 5.69 Å². The molecule has 2 amide bonds. The van der Waals surface area contributed by atoms with E-state index in [-0.39, 0.29) is 11.8 Å². The Morgan fingerprint density at radius 1 is 1.35 bits per heavy atom. The van der Waals surface area contributed by atoms with E-state index < -0.39 is 0 Å². The second-order valence-electron chi connectivity index (χ2n) is 3.82. The minimum absolute atomic E-state index is 0.0780. The van der Waals surface area contributed by atoms with Crippen molar-refractivity contribution >= 4 is 23.2 Å². The number of nitrogens with zero attached hydrogens (tertiary/aromatic N) is 1. The van der Waals surface area contributed by atoms with Gasteiger partial charge in [0.2, 0.25) is 11.8 Å². The van der Waals surface area contributed by atoms with Crippen LogP contribution in [0.2, 0.25) is 0 Å². The van der Waals surface area contributed by atoms with Crippen molar-refractivity contribution in [2.75, 3.05) is 5.32 Å². The van der Waals surface area contributed by atoms with Crippen LogP contribution in [0.3, 0.4) is 0 Å². The van der Waals surface area contributed by atoms with E-state index in [4.69, 9.17) is 0 Å². The number of hydrogen-bond acceptors (Lipinski definition) is 3. The average molecular weight is 231 g/mol. The fourth-order valence-corrected chi connectivity index (χ4v) is 1.70. The Hall–Kier alpha value is -2.17. The van der Waals surface area contributed by atoms with Gasteiger partial charge in [-0.2, -0.15) is 5.10 Å². The quantitative estimate of drug-likeness (QED) is 0.804. The highest BCUT2D eigenvalue weighted by Gasteiger charge is 2.15. The number of carbonyl (C=O) groups excluding carboxylic acids is 2. The molecule has 0 aromatic heterocycles. The Kier molecular flexibility index (Phi) is 3.18. The second kappa shape index (κ2) is 4.78. The Balaban J connectivity index is 2.31. The fraction of sp³-hybridized carbons (Fsp3) is 0.250. The molecule has 0 spiro atoms. The minimum Gasteiger partial charge on any atom is -0.326 e. The molecular weight excluding hydrogens is 218 g/mol. The highest BCUT2D eigenvalue weighted by molar-refractivity contribution is 6.09. The van der Waals surface area contributed by atoms with Gasteiger partial charge in [-0.05, 0) is 6.07 Å². The second-order valence-corrected chi connectivity index (χ2v) is 3.82. The molecule has 17 heavy (non-hydrogen) atoms. The van der Waals surface area contributed by atoms with Gasteiger partial charge in [-0.3, -0.25) is 9.59 Å². The predicted molar refractivity (Wildman–Crippen MR) is 64.7 cm³/mol. The van der Waals surface area contributed by atoms with Gasteiger partial charge in [0.05, 0.1) is 5.71 Å². The zero-order valence-corrected chi connectivity index (χ0v) is 9.49. The number of hydrogen-bond donors (Lipinski definition) is 2. The number of hydrazone groups is 1. The molecule has 1 aromatic carbocycles. The number of nitrogens with one attached hydrogen (secondary N) is 2. The lowest BCUT2D eigenvalue weighted by molar-refractivity contribution is -0.121. The van der Waals surface area contributed by atoms with E-state index in [1.165, 1.54) is 6.92 Å². The molecule has 5 nitrogen and oxygen atoms in total. The standard InChI is InChI=1S/C12H13N3O2/c1-8(16)13-10-5-3-2-4-9(10)11-6-7-12(17)15-14-11/h2-5H,6-7H2,1H3,(H,13,16)(H,15,17). The van der Waals surface area contributed by atoms with Crippen LogP contribution in [0.1, 0.15) is 25.3 Å². The topological polar surface area (TPSA) is 70.6 Å². The highest BCUT2D eigenvalue weighted by Crippen LogP contribution is 2.19. The van der Waals surface area contributed by atoms with Crippen LogP contribution in [0.5, 0.6) is 0 Å². The maximum Gasteiger partial charge on any atom is 0.240 e. The van der Waals surface area contributed by atoms with Crippen LogP contribution in [0, 0.1) is 0 Å². The molecular formula is C12H13N3O2. The Morgan fingerprint density at radius 2 is 2.12 bits per heavy atom. The Morgan fingerprint density at radius 3 is 2.76 bits per heavy atom. The van der Waals surface area contributed by atoms with Crippen molar-refractivity contribution in [3.05, 3.63) is 29.8 Å². The van der Waals surface area contributed by atoms with E-state index in [9.17, 15) is 9.59 Å². The molecule has 1 heterocycles. The third-order valence-corrected chi connectivity index (χ3v) is 2.45. The normalized spacial score (nSPS) is 14.9. The molecule has 0 atom stereocenters. The molecule has 88 valence electrons. The summed E-state index contributed by atoms with van der Waals surface area (Å²) in [6.07, 6.45) is 1.01. The molecule has 2 N–H and O–H groups in total. The summed E-state index contributed by atoms with van der Waals surface area (Å²) >= 11 is 0. The molecule has 0 saturated carbocycles. The smallest absolute Gasteiger partial charge is 0.240 e. The van der Waals surface area contributed by atoms with Gasteiger partial charge in [-0.1, -0.05) is 18.2 Å². The van der Waals surface area contributed by atoms with Crippen LogP contribution in [0.15, 0.2) is 29.4 Å². The summed E-state index contributed by atoms with van der Waals surface area (Å²) in [6, 6.07) is 7.41. The number of carbonyl (C=O) groups is 2. The van der Waals surface area contributed by atoms with Crippen LogP contribution in [0.25, 0.3) is 0 Å². The molecule has 1 aromatic rings. The van der Waals surface area contributed by atoms with Crippen molar-refractivity contribution < 1.29 is 9.59 Å². The Labute approximate surface area is 98.9 Å². The van der Waals surface area contributed by atoms with E-state index in [1.807, 2.05) is 24.3 Å². The molecule has 0 fully saturated rings. The number of para-hydroxylation sites is 1. The Bertz CT molecular complexity index is 494. The lowest BCUT2D eigenvalue weighted by atomic mass is 10.0. The molecule has 0 aliphatic carbocycles. The van der Waals surface area contributed by atoms with E-state index in [2.05, 4.69) is 15.8 Å². The maximum absolute atomic E-state index is 11.1. The van der Waals surface area contributed by atoms with E-state index in [0.717, 1.165) is 17.0 Å². The largest absolute Gasteiger partial charge is 0.326 e. The van der Waals surface area contributed by atoms with Gasteiger partial charge in [0.25, 0.3) is 0 Å². The van der Waals surface area contributed by atoms with Crippen molar-refractivity contribution in [2.24, 2.45) is 5.10 Å². The van der Waals surface area contributed by atoms with Gasteiger partial charge < -0.3 is 5.32 Å². The maximum atomic E-state index is 11.1. The van der Waals surface area contributed by atoms with Crippen molar-refractivity contribution in [2.45, 2.75) is 19.8 Å². The van der Waals surface area contributed by atoms with E-state index in [0.29, 0.717) is 12.8 Å². The SMILES string of the molecule is CC(=O)Nc1ccccc1C1=NNC(=O)CC1. The van der Waals surface area contributed by atoms with Gasteiger partial charge in [0.15, 0.2) is 0 Å². The number of rotatable bonds is 2. The summed E-state index contributed by atoms with van der Waals surface area (Å²) in [7, 11) is 0. The molecule has 0 unspecified atom stereocenters. The van der Waals surface area contributed by atoms with Crippen LogP contribution in [-0.4, -0.2) is 17.5 Å². The molecule has 1 aliphatic heterocycles. The molecule has 0 radical (unpaired) electrons. The first kappa shape index (κ1) is 11.3. The molecule has 0 bridgehead atoms. The summed E-state index contributed by atoms with van der Waals surface area (Å²) in [5.74, 6) is -0.205. The summed E-state index contributed by atoms with van der Waals surface area (Å²) in [4.78, 5) is 22.1. The summed E-state index contributed by atoms with van der Waals surface area (Å²) in [5, 5.41) is 6.76. The minimum atomic E-state index is -0.127. The molecule has 1 aliphatic rings. The van der Waals surface area contributed by atoms with Gasteiger partial charge in [-0.15, -0.1) is 0 Å². The van der Waals surface area contributed by atoms with Crippen molar-refractivity contribution in [3.63, 3.8) is 0 Å². The van der Waals surface area contributed by atoms with Crippen molar-refractivity contribution in [1.82, 2.24) is 5.43 Å². The first-order valence-corrected chi connectivity index (χ1v) is 5.39. The zero-order valence-electron chi connectivity index (χ0n) is 9.49. The lowest BCUT2D eigenvalue weighted by Gasteiger charge is -2.15. The first-order chi connectivity index (χ1) is 8.16. The van der Waals surface area contributed by atoms with Crippen molar-refractivity contribution in [1.29, 1.82) is 0 Å². The highest BCUT2D eigenvalue weighted by atomic mass is 16.2. The summed E-state index contributed by atoms with van der Waals surface area (Å²) in [6.45, 7) is 1.46. The molecule has 0 saturated heterocycles. The van der Waals surface area contributed by atoms with E-state index >= 15 is 0 Å². The van der Waals surface area contributed by atoms with Gasteiger partial charge in [0.1, 0.15) is 0 Å². The number of anilines is 1.